The summed E-state index contributed by atoms with van der Waals surface area (Å²) < 4.78 is 7.12. The average Bonchev–Trinajstić information content (AvgIpc) is 3.17. The maximum absolute atomic E-state index is 13.4. The molecule has 156 valence electrons. The summed E-state index contributed by atoms with van der Waals surface area (Å²) in [5.74, 6) is 0.0429. The molecule has 1 aromatic heterocycles. The normalized spacial score (nSPS) is 16.6. The Labute approximate surface area is 180 Å². The zero-order valence-corrected chi connectivity index (χ0v) is 18.2. The van der Waals surface area contributed by atoms with Crippen LogP contribution in [0.2, 0.25) is 0 Å². The summed E-state index contributed by atoms with van der Waals surface area (Å²) in [6.07, 6.45) is 0.515. The van der Waals surface area contributed by atoms with E-state index >= 15 is 0 Å². The van der Waals surface area contributed by atoms with Gasteiger partial charge in [0.2, 0.25) is 5.91 Å². The Morgan fingerprint density at radius 2 is 1.87 bits per heavy atom. The van der Waals surface area contributed by atoms with Crippen LogP contribution in [0.15, 0.2) is 54.6 Å². The van der Waals surface area contributed by atoms with E-state index in [0.29, 0.717) is 31.1 Å². The molecule has 1 atom stereocenters. The first-order valence-corrected chi connectivity index (χ1v) is 11.0. The molecule has 1 fully saturated rings. The van der Waals surface area contributed by atoms with Crippen LogP contribution >= 0.6 is 11.3 Å². The first-order chi connectivity index (χ1) is 14.5. The van der Waals surface area contributed by atoms with E-state index in [2.05, 4.69) is 12.1 Å². The lowest BCUT2D eigenvalue weighted by Crippen LogP contribution is -2.41. The van der Waals surface area contributed by atoms with Gasteiger partial charge >= 0.3 is 0 Å². The molecule has 0 unspecified atom stereocenters. The topological polar surface area (TPSA) is 49.9 Å². The second kappa shape index (κ2) is 8.98. The molecule has 1 saturated heterocycles. The fourth-order valence-electron chi connectivity index (χ4n) is 3.87. The van der Waals surface area contributed by atoms with Crippen LogP contribution in [0.5, 0.6) is 0 Å². The summed E-state index contributed by atoms with van der Waals surface area (Å²) in [4.78, 5) is 29.6. The first kappa shape index (κ1) is 20.6. The van der Waals surface area contributed by atoms with E-state index in [9.17, 15) is 9.59 Å². The Morgan fingerprint density at radius 1 is 1.13 bits per heavy atom. The number of hydrogen-bond acceptors (Lipinski definition) is 4. The van der Waals surface area contributed by atoms with Crippen LogP contribution in [0.25, 0.3) is 10.1 Å². The Kier molecular flexibility index (Phi) is 6.16. The van der Waals surface area contributed by atoms with Gasteiger partial charge in [-0.2, -0.15) is 0 Å². The van der Waals surface area contributed by atoms with Gasteiger partial charge in [0, 0.05) is 37.3 Å². The number of likely N-dealkylation sites (N-methyl/N-ethyl adjacent to an activating group) is 1. The maximum atomic E-state index is 13.4. The van der Waals surface area contributed by atoms with Gasteiger partial charge in [-0.3, -0.25) is 9.59 Å². The van der Waals surface area contributed by atoms with Crippen molar-refractivity contribution in [2.75, 3.05) is 33.3 Å². The predicted octanol–water partition coefficient (Wildman–Crippen LogP) is 4.14. The average molecular weight is 423 g/mol. The van der Waals surface area contributed by atoms with Crippen LogP contribution in [0.4, 0.5) is 0 Å². The van der Waals surface area contributed by atoms with Gasteiger partial charge in [0.25, 0.3) is 5.91 Å². The van der Waals surface area contributed by atoms with Crippen molar-refractivity contribution in [2.45, 2.75) is 19.4 Å². The summed E-state index contributed by atoms with van der Waals surface area (Å²) in [6, 6.07) is 18.2. The third kappa shape index (κ3) is 4.25. The lowest BCUT2D eigenvalue weighted by Gasteiger charge is -2.33. The number of carbonyl (C=O) groups excluding carboxylic acids is 2. The molecular formula is C24H26N2O3S. The molecule has 0 aliphatic carbocycles. The minimum atomic E-state index is -0.291. The Balaban J connectivity index is 1.62. The molecule has 4 rings (SSSR count). The molecule has 3 aromatic rings. The number of carbonyl (C=O) groups is 2. The van der Waals surface area contributed by atoms with E-state index in [4.69, 9.17) is 4.74 Å². The van der Waals surface area contributed by atoms with Gasteiger partial charge in [0.05, 0.1) is 18.0 Å². The van der Waals surface area contributed by atoms with E-state index in [1.54, 1.807) is 16.7 Å². The van der Waals surface area contributed by atoms with Crippen LogP contribution in [0, 0.1) is 0 Å². The van der Waals surface area contributed by atoms with E-state index in [-0.39, 0.29) is 17.9 Å². The predicted molar refractivity (Wildman–Crippen MR) is 120 cm³/mol. The van der Waals surface area contributed by atoms with Gasteiger partial charge in [-0.05, 0) is 23.4 Å². The highest BCUT2D eigenvalue weighted by Gasteiger charge is 2.31. The minimum absolute atomic E-state index is 0.00526. The highest BCUT2D eigenvalue weighted by Crippen LogP contribution is 2.38. The monoisotopic (exact) mass is 422 g/mol. The molecule has 5 nitrogen and oxygen atoms in total. The SMILES string of the molecule is CC(=O)N1CCO[C@@H](c2c(C(=O)N(C)CCc3ccccc3)sc3ccccc23)C1. The summed E-state index contributed by atoms with van der Waals surface area (Å²) in [6.45, 7) is 3.77. The molecule has 0 N–H and O–H groups in total. The summed E-state index contributed by atoms with van der Waals surface area (Å²) in [5.41, 5.74) is 2.12. The third-order valence-electron chi connectivity index (χ3n) is 5.59. The van der Waals surface area contributed by atoms with Crippen molar-refractivity contribution in [1.29, 1.82) is 0 Å². The van der Waals surface area contributed by atoms with Crippen LogP contribution < -0.4 is 0 Å². The van der Waals surface area contributed by atoms with E-state index in [0.717, 1.165) is 22.1 Å². The molecule has 1 aliphatic rings. The number of nitrogens with zero attached hydrogens (tertiary/aromatic N) is 2. The van der Waals surface area contributed by atoms with Crippen molar-refractivity contribution < 1.29 is 14.3 Å². The number of ether oxygens (including phenoxy) is 1. The number of rotatable bonds is 5. The van der Waals surface area contributed by atoms with Crippen LogP contribution in [-0.2, 0) is 16.0 Å². The summed E-state index contributed by atoms with van der Waals surface area (Å²) >= 11 is 1.51. The molecule has 2 amide bonds. The first-order valence-electron chi connectivity index (χ1n) is 10.2. The second-order valence-electron chi connectivity index (χ2n) is 7.63. The van der Waals surface area contributed by atoms with Crippen molar-refractivity contribution in [2.24, 2.45) is 0 Å². The van der Waals surface area contributed by atoms with E-state index < -0.39 is 0 Å². The van der Waals surface area contributed by atoms with Crippen LogP contribution in [0.3, 0.4) is 0 Å². The molecule has 30 heavy (non-hydrogen) atoms. The van der Waals surface area contributed by atoms with Crippen LogP contribution in [0.1, 0.15) is 33.8 Å². The van der Waals surface area contributed by atoms with Crippen molar-refractivity contribution in [1.82, 2.24) is 9.80 Å². The van der Waals surface area contributed by atoms with Gasteiger partial charge < -0.3 is 14.5 Å². The molecule has 1 aliphatic heterocycles. The maximum Gasteiger partial charge on any atom is 0.264 e. The Hall–Kier alpha value is -2.70. The quantitative estimate of drug-likeness (QED) is 0.621. The summed E-state index contributed by atoms with van der Waals surface area (Å²) in [5, 5.41) is 1.04. The number of morpholine rings is 1. The zero-order chi connectivity index (χ0) is 21.1. The lowest BCUT2D eigenvalue weighted by molar-refractivity contribution is -0.136. The van der Waals surface area contributed by atoms with E-state index in [1.807, 2.05) is 49.5 Å². The highest BCUT2D eigenvalue weighted by atomic mass is 32.1. The molecule has 0 bridgehead atoms. The Bertz CT molecular complexity index is 1050. The molecule has 2 heterocycles. The van der Waals surface area contributed by atoms with Crippen molar-refractivity contribution in [3.05, 3.63) is 70.6 Å². The number of amides is 2. The minimum Gasteiger partial charge on any atom is -0.370 e. The number of thiophene rings is 1. The standard InChI is InChI=1S/C24H26N2O3S/c1-17(27)26-14-15-29-20(16-26)22-19-10-6-7-11-21(19)30-23(22)24(28)25(2)13-12-18-8-4-3-5-9-18/h3-11,20H,12-16H2,1-2H3/t20-/m1/s1. The largest absolute Gasteiger partial charge is 0.370 e. The third-order valence-corrected chi connectivity index (χ3v) is 6.76. The fourth-order valence-corrected chi connectivity index (χ4v) is 5.12. The molecule has 0 spiro atoms. The van der Waals surface area contributed by atoms with Gasteiger partial charge in [0.15, 0.2) is 0 Å². The van der Waals surface area contributed by atoms with Gasteiger partial charge in [0.1, 0.15) is 6.10 Å². The van der Waals surface area contributed by atoms with Crippen molar-refractivity contribution in [3.8, 4) is 0 Å². The molecule has 0 radical (unpaired) electrons. The molecule has 0 saturated carbocycles. The molecule has 2 aromatic carbocycles. The smallest absolute Gasteiger partial charge is 0.264 e. The zero-order valence-electron chi connectivity index (χ0n) is 17.3. The van der Waals surface area contributed by atoms with Gasteiger partial charge in [-0.15, -0.1) is 11.3 Å². The van der Waals surface area contributed by atoms with Gasteiger partial charge in [-0.1, -0.05) is 48.5 Å². The molecule has 6 heteroatoms. The molecular weight excluding hydrogens is 396 g/mol. The van der Waals surface area contributed by atoms with Gasteiger partial charge in [-0.25, -0.2) is 0 Å². The fraction of sp³-hybridized carbons (Fsp3) is 0.333. The number of hydrogen-bond donors (Lipinski definition) is 0. The van der Waals surface area contributed by atoms with Crippen LogP contribution in [-0.4, -0.2) is 54.9 Å². The van der Waals surface area contributed by atoms with Crippen molar-refractivity contribution in [3.63, 3.8) is 0 Å². The van der Waals surface area contributed by atoms with Crippen molar-refractivity contribution >= 4 is 33.2 Å². The van der Waals surface area contributed by atoms with E-state index in [1.165, 1.54) is 16.9 Å². The summed E-state index contributed by atoms with van der Waals surface area (Å²) in [7, 11) is 1.85. The second-order valence-corrected chi connectivity index (χ2v) is 8.68. The number of fused-ring (bicyclic) bond motifs is 1. The lowest BCUT2D eigenvalue weighted by atomic mass is 10.0. The highest BCUT2D eigenvalue weighted by molar-refractivity contribution is 7.21. The number of benzene rings is 2. The Morgan fingerprint density at radius 3 is 2.63 bits per heavy atom.